The molecular weight excluding hydrogens is 396 g/mol. The zero-order valence-electron chi connectivity index (χ0n) is 16.1. The van der Waals surface area contributed by atoms with E-state index in [1.165, 1.54) is 0 Å². The molecule has 0 saturated heterocycles. The summed E-state index contributed by atoms with van der Waals surface area (Å²) in [7, 11) is -3.81. The molecule has 0 aliphatic rings. The number of fused-ring (bicyclic) bond motifs is 2. The molecule has 30 heavy (non-hydrogen) atoms. The van der Waals surface area contributed by atoms with Crippen LogP contribution in [-0.4, -0.2) is 22.8 Å². The SMILES string of the molecule is Cc1cccn2cc(-c3cccc(NS(=O)(=O)c4cccc5cccnc45)c3)nc12. The average Bonchev–Trinajstić information content (AvgIpc) is 3.19. The van der Waals surface area contributed by atoms with E-state index in [9.17, 15) is 8.42 Å². The van der Waals surface area contributed by atoms with E-state index in [-0.39, 0.29) is 4.90 Å². The van der Waals surface area contributed by atoms with Gasteiger partial charge in [0.25, 0.3) is 10.0 Å². The second-order valence-corrected chi connectivity index (χ2v) is 8.72. The molecule has 6 nitrogen and oxygen atoms in total. The average molecular weight is 414 g/mol. The Hall–Kier alpha value is -3.71. The van der Waals surface area contributed by atoms with Gasteiger partial charge in [0, 0.05) is 35.2 Å². The van der Waals surface area contributed by atoms with E-state index in [2.05, 4.69) is 9.71 Å². The first-order valence-electron chi connectivity index (χ1n) is 9.43. The van der Waals surface area contributed by atoms with Crippen LogP contribution in [0.25, 0.3) is 27.8 Å². The summed E-state index contributed by atoms with van der Waals surface area (Å²) in [5.41, 5.74) is 4.46. The minimum atomic E-state index is -3.81. The molecule has 0 unspecified atom stereocenters. The Balaban J connectivity index is 1.53. The number of hydrogen-bond donors (Lipinski definition) is 1. The van der Waals surface area contributed by atoms with Gasteiger partial charge in [-0.15, -0.1) is 0 Å². The number of imidazole rings is 1. The van der Waals surface area contributed by atoms with Gasteiger partial charge in [0.2, 0.25) is 0 Å². The number of benzene rings is 2. The first-order valence-corrected chi connectivity index (χ1v) is 10.9. The number of nitrogens with one attached hydrogen (secondary N) is 1. The molecule has 0 fully saturated rings. The third-order valence-corrected chi connectivity index (χ3v) is 6.39. The van der Waals surface area contributed by atoms with Gasteiger partial charge in [-0.25, -0.2) is 13.4 Å². The topological polar surface area (TPSA) is 76.4 Å². The number of nitrogens with zero attached hydrogens (tertiary/aromatic N) is 3. The van der Waals surface area contributed by atoms with Crippen molar-refractivity contribution in [2.75, 3.05) is 4.72 Å². The van der Waals surface area contributed by atoms with Crippen molar-refractivity contribution < 1.29 is 8.42 Å². The fourth-order valence-corrected chi connectivity index (χ4v) is 4.77. The van der Waals surface area contributed by atoms with Gasteiger partial charge in [-0.2, -0.15) is 0 Å². The standard InChI is InChI=1S/C23H18N4O2S/c1-16-6-5-13-27-15-20(25-23(16)27)18-8-2-10-19(14-18)26-30(28,29)21-11-3-7-17-9-4-12-24-22(17)21/h2-15,26H,1H3. The van der Waals surface area contributed by atoms with Gasteiger partial charge < -0.3 is 4.40 Å². The predicted octanol–water partition coefficient (Wildman–Crippen LogP) is 4.66. The van der Waals surface area contributed by atoms with Gasteiger partial charge in [0.1, 0.15) is 10.5 Å². The highest BCUT2D eigenvalue weighted by molar-refractivity contribution is 7.93. The second kappa shape index (κ2) is 6.96. The van der Waals surface area contributed by atoms with Gasteiger partial charge in [0.15, 0.2) is 0 Å². The van der Waals surface area contributed by atoms with Crippen molar-refractivity contribution in [3.8, 4) is 11.3 Å². The summed E-state index contributed by atoms with van der Waals surface area (Å²) in [6.07, 6.45) is 5.47. The molecular formula is C23H18N4O2S. The van der Waals surface area contributed by atoms with Crippen molar-refractivity contribution >= 4 is 32.3 Å². The van der Waals surface area contributed by atoms with Crippen LogP contribution in [0.4, 0.5) is 5.69 Å². The van der Waals surface area contributed by atoms with Gasteiger partial charge in [-0.1, -0.05) is 36.4 Å². The van der Waals surface area contributed by atoms with Crippen LogP contribution in [0.1, 0.15) is 5.56 Å². The van der Waals surface area contributed by atoms with Gasteiger partial charge in [-0.3, -0.25) is 9.71 Å². The molecule has 1 N–H and O–H groups in total. The number of pyridine rings is 2. The number of sulfonamides is 1. The first-order chi connectivity index (χ1) is 14.5. The smallest absolute Gasteiger partial charge is 0.264 e. The fraction of sp³-hybridized carbons (Fsp3) is 0.0435. The molecule has 0 aliphatic carbocycles. The lowest BCUT2D eigenvalue weighted by Crippen LogP contribution is -2.13. The Morgan fingerprint density at radius 2 is 1.80 bits per heavy atom. The highest BCUT2D eigenvalue weighted by Gasteiger charge is 2.18. The fourth-order valence-electron chi connectivity index (χ4n) is 3.54. The predicted molar refractivity (Wildman–Crippen MR) is 118 cm³/mol. The minimum Gasteiger partial charge on any atom is -0.306 e. The lowest BCUT2D eigenvalue weighted by molar-refractivity contribution is 0.602. The molecule has 5 rings (SSSR count). The Morgan fingerprint density at radius 1 is 0.967 bits per heavy atom. The normalized spacial score (nSPS) is 11.8. The molecule has 3 heterocycles. The highest BCUT2D eigenvalue weighted by Crippen LogP contribution is 2.27. The van der Waals surface area contributed by atoms with Crippen LogP contribution in [0, 0.1) is 6.92 Å². The summed E-state index contributed by atoms with van der Waals surface area (Å²) < 4.78 is 30.8. The summed E-state index contributed by atoms with van der Waals surface area (Å²) in [4.78, 5) is 9.10. The van der Waals surface area contributed by atoms with Crippen molar-refractivity contribution in [3.05, 3.63) is 90.9 Å². The van der Waals surface area contributed by atoms with Gasteiger partial charge in [0.05, 0.1) is 11.2 Å². The molecule has 0 saturated carbocycles. The molecule has 5 aromatic rings. The van der Waals surface area contributed by atoms with Crippen molar-refractivity contribution in [1.29, 1.82) is 0 Å². The zero-order valence-corrected chi connectivity index (χ0v) is 17.0. The number of aryl methyl sites for hydroxylation is 1. The molecule has 2 aromatic carbocycles. The Labute approximate surface area is 173 Å². The van der Waals surface area contributed by atoms with E-state index < -0.39 is 10.0 Å². The molecule has 148 valence electrons. The van der Waals surface area contributed by atoms with Crippen LogP contribution >= 0.6 is 0 Å². The van der Waals surface area contributed by atoms with Crippen molar-refractivity contribution in [3.63, 3.8) is 0 Å². The summed E-state index contributed by atoms with van der Waals surface area (Å²) in [5, 5.41) is 0.772. The Kier molecular flexibility index (Phi) is 4.25. The van der Waals surface area contributed by atoms with Gasteiger partial charge in [-0.05, 0) is 42.8 Å². The molecule has 3 aromatic heterocycles. The number of rotatable bonds is 4. The van der Waals surface area contributed by atoms with E-state index >= 15 is 0 Å². The number of hydrogen-bond acceptors (Lipinski definition) is 4. The second-order valence-electron chi connectivity index (χ2n) is 7.07. The number of aromatic nitrogens is 3. The Bertz CT molecular complexity index is 1500. The molecule has 0 amide bonds. The van der Waals surface area contributed by atoms with E-state index in [1.807, 2.05) is 60.1 Å². The highest BCUT2D eigenvalue weighted by atomic mass is 32.2. The first kappa shape index (κ1) is 18.3. The molecule has 0 radical (unpaired) electrons. The summed E-state index contributed by atoms with van der Waals surface area (Å²) >= 11 is 0. The van der Waals surface area contributed by atoms with Crippen LogP contribution in [-0.2, 0) is 10.0 Å². The lowest BCUT2D eigenvalue weighted by Gasteiger charge is -2.10. The van der Waals surface area contributed by atoms with Crippen LogP contribution in [0.5, 0.6) is 0 Å². The van der Waals surface area contributed by atoms with Crippen LogP contribution in [0.2, 0.25) is 0 Å². The number of anilines is 1. The van der Waals surface area contributed by atoms with Crippen molar-refractivity contribution in [2.24, 2.45) is 0 Å². The third-order valence-electron chi connectivity index (χ3n) is 4.97. The van der Waals surface area contributed by atoms with Crippen LogP contribution in [0.15, 0.2) is 90.2 Å². The molecule has 0 aliphatic heterocycles. The van der Waals surface area contributed by atoms with Crippen LogP contribution in [0.3, 0.4) is 0 Å². The van der Waals surface area contributed by atoms with E-state index in [0.717, 1.165) is 27.9 Å². The minimum absolute atomic E-state index is 0.148. The molecule has 0 spiro atoms. The monoisotopic (exact) mass is 414 g/mol. The van der Waals surface area contributed by atoms with E-state index in [4.69, 9.17) is 4.98 Å². The molecule has 7 heteroatoms. The van der Waals surface area contributed by atoms with Crippen molar-refractivity contribution in [2.45, 2.75) is 11.8 Å². The lowest BCUT2D eigenvalue weighted by atomic mass is 10.1. The maximum Gasteiger partial charge on any atom is 0.264 e. The maximum atomic E-state index is 13.1. The maximum absolute atomic E-state index is 13.1. The zero-order chi connectivity index (χ0) is 20.7. The van der Waals surface area contributed by atoms with Crippen LogP contribution < -0.4 is 4.72 Å². The largest absolute Gasteiger partial charge is 0.306 e. The quantitative estimate of drug-likeness (QED) is 0.464. The molecule has 0 bridgehead atoms. The summed E-state index contributed by atoms with van der Waals surface area (Å²) in [6.45, 7) is 2.01. The summed E-state index contributed by atoms with van der Waals surface area (Å²) in [6, 6.07) is 20.0. The van der Waals surface area contributed by atoms with Crippen molar-refractivity contribution in [1.82, 2.24) is 14.4 Å². The third kappa shape index (κ3) is 3.19. The Morgan fingerprint density at radius 3 is 2.67 bits per heavy atom. The van der Waals surface area contributed by atoms with E-state index in [0.29, 0.717) is 11.2 Å². The summed E-state index contributed by atoms with van der Waals surface area (Å²) in [5.74, 6) is 0. The van der Waals surface area contributed by atoms with Gasteiger partial charge >= 0.3 is 0 Å². The number of para-hydroxylation sites is 1. The molecule has 0 atom stereocenters. The van der Waals surface area contributed by atoms with E-state index in [1.54, 1.807) is 36.5 Å².